The number of rotatable bonds is 9. The van der Waals surface area contributed by atoms with Gasteiger partial charge in [-0.05, 0) is 31.8 Å². The van der Waals surface area contributed by atoms with Gasteiger partial charge in [0.05, 0.1) is 5.75 Å². The van der Waals surface area contributed by atoms with Crippen molar-refractivity contribution >= 4 is 10.0 Å². The molecule has 0 heterocycles. The normalized spacial score (nSPS) is 12.3. The Morgan fingerprint density at radius 2 is 1.76 bits per heavy atom. The van der Waals surface area contributed by atoms with Gasteiger partial charge in [-0.25, -0.2) is 12.7 Å². The van der Waals surface area contributed by atoms with Gasteiger partial charge in [0, 0.05) is 26.7 Å². The zero-order valence-electron chi connectivity index (χ0n) is 13.5. The molecule has 1 aromatic carbocycles. The fraction of sp³-hybridized carbons (Fsp3) is 0.600. The second-order valence-electron chi connectivity index (χ2n) is 5.48. The summed E-state index contributed by atoms with van der Waals surface area (Å²) in [5, 5.41) is 3.24. The van der Waals surface area contributed by atoms with Crippen molar-refractivity contribution in [2.45, 2.75) is 19.2 Å². The monoisotopic (exact) mass is 313 g/mol. The fourth-order valence-corrected chi connectivity index (χ4v) is 3.08. The first kappa shape index (κ1) is 18.1. The average molecular weight is 313 g/mol. The Hall–Kier alpha value is -0.950. The van der Waals surface area contributed by atoms with Crippen LogP contribution in [0.4, 0.5) is 0 Å². The van der Waals surface area contributed by atoms with Crippen LogP contribution >= 0.6 is 0 Å². The Morgan fingerprint density at radius 3 is 2.38 bits per heavy atom. The zero-order valence-corrected chi connectivity index (χ0v) is 14.3. The molecule has 0 aliphatic heterocycles. The molecule has 0 fully saturated rings. The van der Waals surface area contributed by atoms with E-state index in [9.17, 15) is 8.42 Å². The van der Waals surface area contributed by atoms with Crippen LogP contribution in [-0.2, 0) is 22.3 Å². The quantitative estimate of drug-likeness (QED) is 0.742. The second kappa shape index (κ2) is 8.48. The topological polar surface area (TPSA) is 52.7 Å². The molecule has 0 aromatic heterocycles. The van der Waals surface area contributed by atoms with Crippen molar-refractivity contribution in [3.05, 3.63) is 35.4 Å². The van der Waals surface area contributed by atoms with Gasteiger partial charge in [-0.2, -0.15) is 0 Å². The molecular weight excluding hydrogens is 286 g/mol. The molecule has 0 unspecified atom stereocenters. The first-order valence-corrected chi connectivity index (χ1v) is 8.83. The third-order valence-electron chi connectivity index (χ3n) is 3.26. The highest BCUT2D eigenvalue weighted by Crippen LogP contribution is 2.12. The standard InChI is InChI=1S/C15H27N3O2S/c1-5-16-12-14-7-6-8-15(11-14)13-21(19,20)18(4)10-9-17(2)3/h6-8,11,16H,5,9-10,12-13H2,1-4H3. The van der Waals surface area contributed by atoms with E-state index < -0.39 is 10.0 Å². The molecule has 0 spiro atoms. The Labute approximate surface area is 129 Å². The summed E-state index contributed by atoms with van der Waals surface area (Å²) in [6.07, 6.45) is 0. The van der Waals surface area contributed by atoms with Crippen LogP contribution in [0.25, 0.3) is 0 Å². The van der Waals surface area contributed by atoms with Crippen molar-refractivity contribution in [3.8, 4) is 0 Å². The fourth-order valence-electron chi connectivity index (χ4n) is 1.90. The van der Waals surface area contributed by atoms with E-state index in [1.807, 2.05) is 50.2 Å². The summed E-state index contributed by atoms with van der Waals surface area (Å²) in [6.45, 7) is 4.94. The molecule has 1 aromatic rings. The van der Waals surface area contributed by atoms with Gasteiger partial charge in [0.15, 0.2) is 0 Å². The van der Waals surface area contributed by atoms with Crippen LogP contribution in [0.5, 0.6) is 0 Å². The molecule has 0 atom stereocenters. The maximum atomic E-state index is 12.3. The van der Waals surface area contributed by atoms with E-state index in [0.717, 1.165) is 30.8 Å². The van der Waals surface area contributed by atoms with Crippen molar-refractivity contribution in [1.82, 2.24) is 14.5 Å². The highest BCUT2D eigenvalue weighted by molar-refractivity contribution is 7.88. The number of likely N-dealkylation sites (N-methyl/N-ethyl adjacent to an activating group) is 2. The van der Waals surface area contributed by atoms with E-state index in [-0.39, 0.29) is 5.75 Å². The maximum absolute atomic E-state index is 12.3. The van der Waals surface area contributed by atoms with Gasteiger partial charge in [-0.15, -0.1) is 0 Å². The van der Waals surface area contributed by atoms with Crippen molar-refractivity contribution in [2.75, 3.05) is 40.8 Å². The minimum Gasteiger partial charge on any atom is -0.313 e. The van der Waals surface area contributed by atoms with Crippen molar-refractivity contribution in [2.24, 2.45) is 0 Å². The smallest absolute Gasteiger partial charge is 0.218 e. The summed E-state index contributed by atoms with van der Waals surface area (Å²) in [6, 6.07) is 7.75. The summed E-state index contributed by atoms with van der Waals surface area (Å²) in [5.41, 5.74) is 1.95. The Bertz CT molecular complexity index is 529. The van der Waals surface area contributed by atoms with E-state index in [1.54, 1.807) is 7.05 Å². The second-order valence-corrected chi connectivity index (χ2v) is 7.56. The first-order valence-electron chi connectivity index (χ1n) is 7.22. The Balaban J connectivity index is 2.70. The van der Waals surface area contributed by atoms with E-state index in [1.165, 1.54) is 4.31 Å². The average Bonchev–Trinajstić information content (AvgIpc) is 2.42. The summed E-state index contributed by atoms with van der Waals surface area (Å²) < 4.78 is 26.1. The summed E-state index contributed by atoms with van der Waals surface area (Å²) in [7, 11) is 2.25. The Morgan fingerprint density at radius 1 is 1.10 bits per heavy atom. The van der Waals surface area contributed by atoms with E-state index in [4.69, 9.17) is 0 Å². The van der Waals surface area contributed by atoms with Crippen LogP contribution in [0.3, 0.4) is 0 Å². The van der Waals surface area contributed by atoms with Crippen LogP contribution in [0.15, 0.2) is 24.3 Å². The highest BCUT2D eigenvalue weighted by atomic mass is 32.2. The molecule has 120 valence electrons. The van der Waals surface area contributed by atoms with Crippen LogP contribution < -0.4 is 5.32 Å². The zero-order chi connectivity index (χ0) is 15.9. The van der Waals surface area contributed by atoms with Crippen LogP contribution in [-0.4, -0.2) is 58.4 Å². The number of nitrogens with one attached hydrogen (secondary N) is 1. The molecule has 0 amide bonds. The van der Waals surface area contributed by atoms with Crippen molar-refractivity contribution in [1.29, 1.82) is 0 Å². The predicted octanol–water partition coefficient (Wildman–Crippen LogP) is 1.12. The molecule has 0 aliphatic rings. The van der Waals surface area contributed by atoms with Gasteiger partial charge in [0.25, 0.3) is 0 Å². The van der Waals surface area contributed by atoms with E-state index >= 15 is 0 Å². The highest BCUT2D eigenvalue weighted by Gasteiger charge is 2.18. The molecular formula is C15H27N3O2S. The van der Waals surface area contributed by atoms with Crippen LogP contribution in [0.2, 0.25) is 0 Å². The van der Waals surface area contributed by atoms with Crippen LogP contribution in [0.1, 0.15) is 18.1 Å². The molecule has 6 heteroatoms. The molecule has 5 nitrogen and oxygen atoms in total. The number of nitrogens with zero attached hydrogens (tertiary/aromatic N) is 2. The third-order valence-corrected chi connectivity index (χ3v) is 5.09. The lowest BCUT2D eigenvalue weighted by Crippen LogP contribution is -2.34. The first-order chi connectivity index (χ1) is 9.85. The lowest BCUT2D eigenvalue weighted by molar-refractivity contribution is 0.358. The SMILES string of the molecule is CCNCc1cccc(CS(=O)(=O)N(C)CCN(C)C)c1. The van der Waals surface area contributed by atoms with Gasteiger partial charge in [0.1, 0.15) is 0 Å². The summed E-state index contributed by atoms with van der Waals surface area (Å²) >= 11 is 0. The molecule has 0 aliphatic carbocycles. The molecule has 1 rings (SSSR count). The largest absolute Gasteiger partial charge is 0.313 e. The van der Waals surface area contributed by atoms with Crippen molar-refractivity contribution in [3.63, 3.8) is 0 Å². The predicted molar refractivity (Wildman–Crippen MR) is 87.6 cm³/mol. The number of sulfonamides is 1. The Kier molecular flexibility index (Phi) is 7.31. The number of hydrogen-bond donors (Lipinski definition) is 1. The van der Waals surface area contributed by atoms with E-state index in [2.05, 4.69) is 5.32 Å². The molecule has 0 bridgehead atoms. The lowest BCUT2D eigenvalue weighted by Gasteiger charge is -2.19. The van der Waals surface area contributed by atoms with Gasteiger partial charge in [-0.1, -0.05) is 31.2 Å². The summed E-state index contributed by atoms with van der Waals surface area (Å²) in [5.74, 6) is 0.0525. The van der Waals surface area contributed by atoms with E-state index in [0.29, 0.717) is 6.54 Å². The van der Waals surface area contributed by atoms with Crippen molar-refractivity contribution < 1.29 is 8.42 Å². The van der Waals surface area contributed by atoms with Gasteiger partial charge in [0.2, 0.25) is 10.0 Å². The molecule has 21 heavy (non-hydrogen) atoms. The maximum Gasteiger partial charge on any atom is 0.218 e. The molecule has 0 radical (unpaired) electrons. The third kappa shape index (κ3) is 6.56. The minimum atomic E-state index is -3.26. The summed E-state index contributed by atoms with van der Waals surface area (Å²) in [4.78, 5) is 1.98. The number of hydrogen-bond acceptors (Lipinski definition) is 4. The molecule has 0 saturated heterocycles. The van der Waals surface area contributed by atoms with Gasteiger partial charge in [-0.3, -0.25) is 0 Å². The van der Waals surface area contributed by atoms with Crippen LogP contribution in [0, 0.1) is 0 Å². The molecule has 0 saturated carbocycles. The van der Waals surface area contributed by atoms with Gasteiger partial charge < -0.3 is 10.2 Å². The minimum absolute atomic E-state index is 0.0525. The molecule has 1 N–H and O–H groups in total. The van der Waals surface area contributed by atoms with Gasteiger partial charge >= 0.3 is 0 Å². The number of benzene rings is 1. The lowest BCUT2D eigenvalue weighted by atomic mass is 10.1.